The van der Waals surface area contributed by atoms with E-state index in [1.54, 1.807) is 22.6 Å². The summed E-state index contributed by atoms with van der Waals surface area (Å²) in [5.41, 5.74) is -1.21. The number of alkyl halides is 3. The molecule has 1 N–H and O–H groups in total. The first-order valence-electron chi connectivity index (χ1n) is 9.40. The lowest BCUT2D eigenvalue weighted by molar-refractivity contribution is -0.386. The van der Waals surface area contributed by atoms with E-state index in [-0.39, 0.29) is 33.1 Å². The number of benzene rings is 2. The van der Waals surface area contributed by atoms with Gasteiger partial charge in [0.15, 0.2) is 0 Å². The van der Waals surface area contributed by atoms with Gasteiger partial charge in [-0.2, -0.15) is 13.2 Å². The number of carbonyl (C=O) groups excluding carboxylic acids is 1. The van der Waals surface area contributed by atoms with Gasteiger partial charge < -0.3 is 19.3 Å². The molecule has 33 heavy (non-hydrogen) atoms. The van der Waals surface area contributed by atoms with Crippen LogP contribution in [0.1, 0.15) is 19.4 Å². The molecule has 2 aromatic rings. The topological polar surface area (TPSA) is 108 Å². The number of hydrogen-bond acceptors (Lipinski definition) is 7. The Bertz CT molecular complexity index is 1040. The Morgan fingerprint density at radius 1 is 1.21 bits per heavy atom. The first-order chi connectivity index (χ1) is 15.4. The largest absolute Gasteiger partial charge is 0.479 e. The van der Waals surface area contributed by atoms with Crippen molar-refractivity contribution in [2.24, 2.45) is 0 Å². The van der Waals surface area contributed by atoms with Gasteiger partial charge in [-0.05, 0) is 66.8 Å². The highest BCUT2D eigenvalue weighted by Crippen LogP contribution is 2.37. The van der Waals surface area contributed by atoms with Crippen molar-refractivity contribution in [2.75, 3.05) is 6.61 Å². The smallest absolute Gasteiger partial charge is 0.416 e. The molecule has 0 aliphatic heterocycles. The average Bonchev–Trinajstić information content (AvgIpc) is 2.72. The number of ether oxygens (including phenoxy) is 3. The van der Waals surface area contributed by atoms with Crippen molar-refractivity contribution in [1.82, 2.24) is 0 Å². The van der Waals surface area contributed by atoms with Crippen LogP contribution >= 0.6 is 22.6 Å². The third kappa shape index (κ3) is 7.89. The lowest BCUT2D eigenvalue weighted by Gasteiger charge is -2.14. The van der Waals surface area contributed by atoms with Crippen LogP contribution in [0.15, 0.2) is 48.6 Å². The number of nitro benzene ring substituents is 1. The number of nitrogens with zero attached hydrogens (tertiary/aromatic N) is 1. The van der Waals surface area contributed by atoms with E-state index in [0.717, 1.165) is 30.3 Å². The highest BCUT2D eigenvalue weighted by molar-refractivity contribution is 14.1. The summed E-state index contributed by atoms with van der Waals surface area (Å²) in [4.78, 5) is 22.3. The van der Waals surface area contributed by atoms with Gasteiger partial charge in [0.25, 0.3) is 0 Å². The molecular formula is C21H19F3INO7. The first-order valence-corrected chi connectivity index (χ1v) is 10.5. The molecule has 0 aromatic heterocycles. The lowest BCUT2D eigenvalue weighted by Crippen LogP contribution is -2.17. The van der Waals surface area contributed by atoms with Crippen molar-refractivity contribution in [2.45, 2.75) is 32.2 Å². The molecular weight excluding hydrogens is 562 g/mol. The average molecular weight is 581 g/mol. The van der Waals surface area contributed by atoms with Crippen LogP contribution < -0.4 is 9.47 Å². The number of halogens is 4. The van der Waals surface area contributed by atoms with E-state index >= 15 is 0 Å². The predicted molar refractivity (Wildman–Crippen MR) is 119 cm³/mol. The van der Waals surface area contributed by atoms with Crippen LogP contribution in [-0.4, -0.2) is 34.8 Å². The maximum absolute atomic E-state index is 12.8. The fourth-order valence-electron chi connectivity index (χ4n) is 2.42. The first kappa shape index (κ1) is 26.4. The van der Waals surface area contributed by atoms with Crippen LogP contribution in [0.3, 0.4) is 0 Å². The number of aliphatic hydroxyl groups excluding tert-OH is 1. The third-order valence-corrected chi connectivity index (χ3v) is 4.85. The highest BCUT2D eigenvalue weighted by Gasteiger charge is 2.31. The number of esters is 1. The number of hydrogen-bond donors (Lipinski definition) is 1. The van der Waals surface area contributed by atoms with E-state index in [4.69, 9.17) is 19.3 Å². The summed E-state index contributed by atoms with van der Waals surface area (Å²) >= 11 is 1.69. The number of aliphatic hydroxyl groups is 1. The Kier molecular flexibility index (Phi) is 9.05. The monoisotopic (exact) mass is 581 g/mol. The van der Waals surface area contributed by atoms with Crippen LogP contribution in [0.2, 0.25) is 0 Å². The maximum Gasteiger partial charge on any atom is 0.416 e. The Labute approximate surface area is 200 Å². The minimum Gasteiger partial charge on any atom is -0.479 e. The van der Waals surface area contributed by atoms with Crippen molar-refractivity contribution in [3.63, 3.8) is 0 Å². The molecule has 0 amide bonds. The molecule has 0 spiro atoms. The summed E-state index contributed by atoms with van der Waals surface area (Å²) in [7, 11) is 0. The molecule has 2 rings (SSSR count). The zero-order valence-corrected chi connectivity index (χ0v) is 19.5. The van der Waals surface area contributed by atoms with Gasteiger partial charge in [0.2, 0.25) is 5.75 Å². The summed E-state index contributed by atoms with van der Waals surface area (Å²) in [6.07, 6.45) is -3.61. The van der Waals surface area contributed by atoms with Crippen molar-refractivity contribution in [3.8, 4) is 17.2 Å². The molecule has 0 heterocycles. The second-order valence-electron chi connectivity index (χ2n) is 6.74. The number of rotatable bonds is 9. The van der Waals surface area contributed by atoms with Gasteiger partial charge in [-0.15, -0.1) is 0 Å². The van der Waals surface area contributed by atoms with Gasteiger partial charge in [-0.1, -0.05) is 0 Å². The van der Waals surface area contributed by atoms with E-state index < -0.39 is 34.8 Å². The Morgan fingerprint density at radius 3 is 2.48 bits per heavy atom. The predicted octanol–water partition coefficient (Wildman–Crippen LogP) is 5.26. The Hall–Kier alpha value is -2.87. The molecule has 0 aliphatic rings. The summed E-state index contributed by atoms with van der Waals surface area (Å²) in [6, 6.07) is 6.58. The van der Waals surface area contributed by atoms with Crippen molar-refractivity contribution < 1.29 is 42.2 Å². The molecule has 2 aromatic carbocycles. The maximum atomic E-state index is 12.8. The SMILES string of the molecule is CC(C=CC(=O)OC(C)CO)Oc1cc(Oc2ccc(C(F)(F)F)cc2I)ccc1[N+](=O)[O-]. The molecule has 0 aliphatic carbocycles. The van der Waals surface area contributed by atoms with Crippen LogP contribution in [0.4, 0.5) is 18.9 Å². The summed E-state index contributed by atoms with van der Waals surface area (Å²) < 4.78 is 54.7. The van der Waals surface area contributed by atoms with E-state index in [0.29, 0.717) is 0 Å². The van der Waals surface area contributed by atoms with E-state index in [9.17, 15) is 28.1 Å². The van der Waals surface area contributed by atoms with E-state index in [1.165, 1.54) is 32.1 Å². The van der Waals surface area contributed by atoms with Gasteiger partial charge in [-0.3, -0.25) is 10.1 Å². The van der Waals surface area contributed by atoms with Crippen molar-refractivity contribution in [3.05, 3.63) is 67.8 Å². The Balaban J connectivity index is 2.21. The van der Waals surface area contributed by atoms with E-state index in [1.807, 2.05) is 0 Å². The van der Waals surface area contributed by atoms with Crippen LogP contribution in [-0.2, 0) is 15.7 Å². The van der Waals surface area contributed by atoms with E-state index in [2.05, 4.69) is 0 Å². The quantitative estimate of drug-likeness (QED) is 0.142. The summed E-state index contributed by atoms with van der Waals surface area (Å²) in [5, 5.41) is 20.2. The molecule has 2 unspecified atom stereocenters. The lowest BCUT2D eigenvalue weighted by atomic mass is 10.2. The fraction of sp³-hybridized carbons (Fsp3) is 0.286. The number of nitro groups is 1. The highest BCUT2D eigenvalue weighted by atomic mass is 127. The van der Waals surface area contributed by atoms with Gasteiger partial charge in [0.05, 0.1) is 20.7 Å². The molecule has 178 valence electrons. The minimum absolute atomic E-state index is 0.0978. The van der Waals surface area contributed by atoms with Crippen LogP contribution in [0.25, 0.3) is 0 Å². The minimum atomic E-state index is -4.50. The summed E-state index contributed by atoms with van der Waals surface area (Å²) in [6.45, 7) is 2.68. The van der Waals surface area contributed by atoms with Gasteiger partial charge >= 0.3 is 17.8 Å². The Morgan fingerprint density at radius 2 is 1.91 bits per heavy atom. The second-order valence-corrected chi connectivity index (χ2v) is 7.91. The van der Waals surface area contributed by atoms with Crippen molar-refractivity contribution >= 4 is 34.2 Å². The molecule has 0 fully saturated rings. The van der Waals surface area contributed by atoms with Crippen LogP contribution in [0.5, 0.6) is 17.2 Å². The zero-order chi connectivity index (χ0) is 24.8. The van der Waals surface area contributed by atoms with Gasteiger partial charge in [0.1, 0.15) is 23.7 Å². The molecule has 2 atom stereocenters. The standard InChI is InChI=1S/C21H19F3INO7/c1-12(3-8-20(28)32-13(2)11-27)31-19-10-15(5-6-17(19)26(29)30)33-18-7-4-14(9-16(18)25)21(22,23)24/h3-10,12-13,27H,11H2,1-2H3. The molecule has 8 nitrogen and oxygen atoms in total. The zero-order valence-electron chi connectivity index (χ0n) is 17.3. The van der Waals surface area contributed by atoms with Crippen molar-refractivity contribution in [1.29, 1.82) is 0 Å². The molecule has 0 radical (unpaired) electrons. The number of carbonyl (C=O) groups is 1. The molecule has 0 bridgehead atoms. The summed E-state index contributed by atoms with van der Waals surface area (Å²) in [5.74, 6) is -0.679. The molecule has 0 saturated carbocycles. The second kappa shape index (κ2) is 11.3. The molecule has 0 saturated heterocycles. The third-order valence-electron chi connectivity index (χ3n) is 4.01. The van der Waals surface area contributed by atoms with Crippen LogP contribution in [0, 0.1) is 13.7 Å². The van der Waals surface area contributed by atoms with Gasteiger partial charge in [-0.25, -0.2) is 4.79 Å². The fourth-order valence-corrected chi connectivity index (χ4v) is 3.04. The van der Waals surface area contributed by atoms with Gasteiger partial charge in [0, 0.05) is 18.2 Å². The molecule has 12 heteroatoms. The normalized spacial score (nSPS) is 13.4.